The highest BCUT2D eigenvalue weighted by Gasteiger charge is 2.22. The van der Waals surface area contributed by atoms with Crippen LogP contribution in [-0.4, -0.2) is 68.2 Å². The molecule has 0 spiro atoms. The summed E-state index contributed by atoms with van der Waals surface area (Å²) >= 11 is 3.21. The van der Waals surface area contributed by atoms with Crippen LogP contribution in [0.5, 0.6) is 0 Å². The molecule has 1 aromatic rings. The molecule has 0 radical (unpaired) electrons. The average Bonchev–Trinajstić information content (AvgIpc) is 3.10. The molecule has 3 rings (SSSR count). The van der Waals surface area contributed by atoms with E-state index in [1.165, 1.54) is 12.5 Å². The lowest BCUT2D eigenvalue weighted by molar-refractivity contribution is -0.116. The van der Waals surface area contributed by atoms with E-state index >= 15 is 0 Å². The molecule has 2 fully saturated rings. The highest BCUT2D eigenvalue weighted by atomic mass is 79.9. The molecule has 0 saturated carbocycles. The maximum absolute atomic E-state index is 13.7. The number of carbonyl (C=O) groups excluding carboxylic acids is 1. The van der Waals surface area contributed by atoms with Gasteiger partial charge in [-0.15, -0.1) is 0 Å². The zero-order chi connectivity index (χ0) is 17.6. The number of nitrogens with one attached hydrogen (secondary N) is 1. The Hall–Kier alpha value is -1.02. The van der Waals surface area contributed by atoms with Gasteiger partial charge in [0.15, 0.2) is 0 Å². The number of halogens is 2. The van der Waals surface area contributed by atoms with E-state index in [2.05, 4.69) is 31.0 Å². The molecular weight excluding hydrogens is 389 g/mol. The predicted octanol–water partition coefficient (Wildman–Crippen LogP) is 2.57. The smallest absolute Gasteiger partial charge is 0.225 e. The summed E-state index contributed by atoms with van der Waals surface area (Å²) < 4.78 is 19.8. The number of piperazine rings is 1. The van der Waals surface area contributed by atoms with Gasteiger partial charge in [-0.25, -0.2) is 4.39 Å². The van der Waals surface area contributed by atoms with E-state index in [0.717, 1.165) is 45.9 Å². The van der Waals surface area contributed by atoms with Gasteiger partial charge in [-0.05, 0) is 30.5 Å². The summed E-state index contributed by atoms with van der Waals surface area (Å²) in [6.45, 7) is 7.67. The van der Waals surface area contributed by atoms with Crippen LogP contribution >= 0.6 is 15.9 Å². The van der Waals surface area contributed by atoms with Crippen molar-refractivity contribution in [3.63, 3.8) is 0 Å². The second kappa shape index (κ2) is 9.07. The summed E-state index contributed by atoms with van der Waals surface area (Å²) in [5.41, 5.74) is 0.233. The Morgan fingerprint density at radius 1 is 1.28 bits per heavy atom. The number of benzene rings is 1. The summed E-state index contributed by atoms with van der Waals surface area (Å²) in [5.74, 6) is 0.108. The molecule has 1 aromatic carbocycles. The summed E-state index contributed by atoms with van der Waals surface area (Å²) in [6, 6.07) is 4.64. The lowest BCUT2D eigenvalue weighted by atomic mass is 10.1. The topological polar surface area (TPSA) is 44.8 Å². The first-order valence-electron chi connectivity index (χ1n) is 8.87. The number of ether oxygens (including phenoxy) is 1. The molecule has 2 saturated heterocycles. The van der Waals surface area contributed by atoms with E-state index in [9.17, 15) is 9.18 Å². The van der Waals surface area contributed by atoms with Gasteiger partial charge in [-0.1, -0.05) is 15.9 Å². The van der Waals surface area contributed by atoms with Crippen LogP contribution in [0.2, 0.25) is 0 Å². The van der Waals surface area contributed by atoms with E-state index < -0.39 is 5.82 Å². The molecular formula is C18H25BrFN3O2. The molecule has 7 heteroatoms. The Balaban J connectivity index is 1.35. The Bertz CT molecular complexity index is 588. The van der Waals surface area contributed by atoms with Gasteiger partial charge in [0, 0.05) is 56.8 Å². The van der Waals surface area contributed by atoms with E-state index in [-0.39, 0.29) is 11.6 Å². The average molecular weight is 414 g/mol. The number of rotatable bonds is 6. The minimum absolute atomic E-state index is 0.147. The number of amides is 1. The molecule has 2 heterocycles. The van der Waals surface area contributed by atoms with Crippen molar-refractivity contribution < 1.29 is 13.9 Å². The third-order valence-corrected chi connectivity index (χ3v) is 5.36. The van der Waals surface area contributed by atoms with Crippen molar-refractivity contribution in [3.05, 3.63) is 28.5 Å². The summed E-state index contributed by atoms with van der Waals surface area (Å²) in [4.78, 5) is 16.8. The fraction of sp³-hybridized carbons (Fsp3) is 0.611. The molecule has 0 bridgehead atoms. The van der Waals surface area contributed by atoms with E-state index in [4.69, 9.17) is 4.74 Å². The summed E-state index contributed by atoms with van der Waals surface area (Å²) in [7, 11) is 0. The van der Waals surface area contributed by atoms with Crippen molar-refractivity contribution in [2.75, 3.05) is 57.8 Å². The molecule has 1 atom stereocenters. The van der Waals surface area contributed by atoms with Gasteiger partial charge in [-0.3, -0.25) is 4.79 Å². The predicted molar refractivity (Wildman–Crippen MR) is 99.2 cm³/mol. The number of anilines is 1. The first-order chi connectivity index (χ1) is 12.1. The SMILES string of the molecule is O=C(CCN1CCN(CC2CCOC2)CC1)Nc1ccc(Br)cc1F. The third-order valence-electron chi connectivity index (χ3n) is 4.87. The van der Waals surface area contributed by atoms with Crippen molar-refractivity contribution in [1.29, 1.82) is 0 Å². The van der Waals surface area contributed by atoms with Gasteiger partial charge >= 0.3 is 0 Å². The van der Waals surface area contributed by atoms with Crippen molar-refractivity contribution in [1.82, 2.24) is 9.80 Å². The fourth-order valence-corrected chi connectivity index (χ4v) is 3.68. The number of carbonyl (C=O) groups is 1. The molecule has 5 nitrogen and oxygen atoms in total. The lowest BCUT2D eigenvalue weighted by Crippen LogP contribution is -2.48. The maximum atomic E-state index is 13.7. The normalized spacial score (nSPS) is 22.2. The first-order valence-corrected chi connectivity index (χ1v) is 9.67. The van der Waals surface area contributed by atoms with Crippen LogP contribution in [0.3, 0.4) is 0 Å². The Morgan fingerprint density at radius 2 is 2.04 bits per heavy atom. The highest BCUT2D eigenvalue weighted by molar-refractivity contribution is 9.10. The van der Waals surface area contributed by atoms with Gasteiger partial charge < -0.3 is 19.9 Å². The van der Waals surface area contributed by atoms with Gasteiger partial charge in [0.2, 0.25) is 5.91 Å². The monoisotopic (exact) mass is 413 g/mol. The van der Waals surface area contributed by atoms with Crippen LogP contribution in [0.4, 0.5) is 10.1 Å². The zero-order valence-electron chi connectivity index (χ0n) is 14.3. The van der Waals surface area contributed by atoms with Gasteiger partial charge in [0.25, 0.3) is 0 Å². The van der Waals surface area contributed by atoms with Crippen molar-refractivity contribution in [2.45, 2.75) is 12.8 Å². The molecule has 0 aromatic heterocycles. The number of nitrogens with zero attached hydrogens (tertiary/aromatic N) is 2. The molecule has 25 heavy (non-hydrogen) atoms. The molecule has 138 valence electrons. The quantitative estimate of drug-likeness (QED) is 0.778. The van der Waals surface area contributed by atoms with Crippen LogP contribution in [-0.2, 0) is 9.53 Å². The Morgan fingerprint density at radius 3 is 2.72 bits per heavy atom. The maximum Gasteiger partial charge on any atom is 0.225 e. The zero-order valence-corrected chi connectivity index (χ0v) is 15.9. The number of hydrogen-bond donors (Lipinski definition) is 1. The van der Waals surface area contributed by atoms with Crippen LogP contribution < -0.4 is 5.32 Å². The lowest BCUT2D eigenvalue weighted by Gasteiger charge is -2.35. The second-order valence-corrected chi connectivity index (χ2v) is 7.71. The standard InChI is InChI=1S/C18H25BrFN3O2/c19-15-1-2-17(16(20)11-15)21-18(24)3-5-22-6-8-23(9-7-22)12-14-4-10-25-13-14/h1-2,11,14H,3-10,12-13H2,(H,21,24). The summed E-state index contributed by atoms with van der Waals surface area (Å²) in [5, 5.41) is 2.65. The van der Waals surface area contributed by atoms with Crippen LogP contribution in [0.1, 0.15) is 12.8 Å². The minimum atomic E-state index is -0.424. The van der Waals surface area contributed by atoms with Crippen LogP contribution in [0.25, 0.3) is 0 Å². The Labute approximate surface area is 156 Å². The van der Waals surface area contributed by atoms with Crippen molar-refractivity contribution in [2.24, 2.45) is 5.92 Å². The van der Waals surface area contributed by atoms with Gasteiger partial charge in [0.05, 0.1) is 12.3 Å². The third kappa shape index (κ3) is 5.74. The molecule has 1 amide bonds. The molecule has 1 N–H and O–H groups in total. The Kier molecular flexibility index (Phi) is 6.81. The van der Waals surface area contributed by atoms with E-state index in [1.807, 2.05) is 0 Å². The van der Waals surface area contributed by atoms with Gasteiger partial charge in [0.1, 0.15) is 5.82 Å². The highest BCUT2D eigenvalue weighted by Crippen LogP contribution is 2.19. The largest absolute Gasteiger partial charge is 0.381 e. The molecule has 2 aliphatic rings. The fourth-order valence-electron chi connectivity index (χ4n) is 3.35. The number of hydrogen-bond acceptors (Lipinski definition) is 4. The second-order valence-electron chi connectivity index (χ2n) is 6.79. The molecule has 1 unspecified atom stereocenters. The summed E-state index contributed by atoms with van der Waals surface area (Å²) in [6.07, 6.45) is 1.55. The van der Waals surface area contributed by atoms with Crippen LogP contribution in [0, 0.1) is 11.7 Å². The van der Waals surface area contributed by atoms with Crippen LogP contribution in [0.15, 0.2) is 22.7 Å². The van der Waals surface area contributed by atoms with Crippen molar-refractivity contribution in [3.8, 4) is 0 Å². The molecule has 2 aliphatic heterocycles. The molecule has 0 aliphatic carbocycles. The first kappa shape index (κ1) is 18.8. The van der Waals surface area contributed by atoms with E-state index in [1.54, 1.807) is 12.1 Å². The minimum Gasteiger partial charge on any atom is -0.381 e. The van der Waals surface area contributed by atoms with Crippen molar-refractivity contribution >= 4 is 27.5 Å². The van der Waals surface area contributed by atoms with Gasteiger partial charge in [-0.2, -0.15) is 0 Å². The van der Waals surface area contributed by atoms with E-state index in [0.29, 0.717) is 23.4 Å².